The first kappa shape index (κ1) is 34.6. The van der Waals surface area contributed by atoms with Crippen LogP contribution in [0.25, 0.3) is 65.3 Å². The Morgan fingerprint density at radius 3 is 0.981 bits per heavy atom. The molecule has 54 heavy (non-hydrogen) atoms. The highest BCUT2D eigenvalue weighted by atomic mass is 31.1. The topological polar surface area (TPSA) is 0 Å². The number of rotatable bonds is 8. The Bertz CT molecular complexity index is 2650. The van der Waals surface area contributed by atoms with Crippen LogP contribution in [-0.2, 0) is 12.3 Å². The largest absolute Gasteiger partial charge is 0.0733 e. The summed E-state index contributed by atoms with van der Waals surface area (Å²) in [6, 6.07) is 63.7. The van der Waals surface area contributed by atoms with Gasteiger partial charge in [-0.25, -0.2) is 0 Å². The average molecular weight is 731 g/mol. The van der Waals surface area contributed by atoms with E-state index in [2.05, 4.69) is 197 Å². The van der Waals surface area contributed by atoms with Crippen molar-refractivity contribution in [3.8, 4) is 22.3 Å². The van der Waals surface area contributed by atoms with Gasteiger partial charge in [-0.15, -0.1) is 0 Å². The Kier molecular flexibility index (Phi) is 9.37. The van der Waals surface area contributed by atoms with E-state index in [4.69, 9.17) is 0 Å². The highest BCUT2D eigenvalue weighted by molar-refractivity contribution is 7.70. The van der Waals surface area contributed by atoms with E-state index in [-0.39, 0.29) is 0 Å². The van der Waals surface area contributed by atoms with Crippen LogP contribution in [0, 0.1) is 13.8 Å². The molecule has 0 heterocycles. The van der Waals surface area contributed by atoms with Crippen molar-refractivity contribution in [1.29, 1.82) is 0 Å². The SMILES string of the molecule is Cc1ccc2ccccc2c1-c1c(C[P@@](C)c2ccccc2[P@](C)Cc2ccc3ccccc3c2-c2c(C)ccc3ccccc23)ccc2ccccc12. The van der Waals surface area contributed by atoms with E-state index in [1.807, 2.05) is 0 Å². The molecular weight excluding hydrogens is 687 g/mol. The first-order chi connectivity index (χ1) is 26.5. The third-order valence-corrected chi connectivity index (χ3v) is 15.6. The fourth-order valence-electron chi connectivity index (χ4n) is 8.70. The van der Waals surface area contributed by atoms with Gasteiger partial charge in [0.15, 0.2) is 0 Å². The summed E-state index contributed by atoms with van der Waals surface area (Å²) in [6.45, 7) is 9.57. The second-order valence-electron chi connectivity index (χ2n) is 14.8. The van der Waals surface area contributed by atoms with Crippen LogP contribution in [0.1, 0.15) is 22.3 Å². The third kappa shape index (κ3) is 6.23. The van der Waals surface area contributed by atoms with Crippen LogP contribution >= 0.6 is 15.8 Å². The highest BCUT2D eigenvalue weighted by Gasteiger charge is 2.22. The summed E-state index contributed by atoms with van der Waals surface area (Å²) in [5.41, 5.74) is 11.1. The zero-order valence-electron chi connectivity index (χ0n) is 31.5. The minimum absolute atomic E-state index is 0.487. The Balaban J connectivity index is 1.13. The molecule has 0 saturated heterocycles. The molecule has 2 heteroatoms. The summed E-state index contributed by atoms with van der Waals surface area (Å²) in [5.74, 6) is 0. The van der Waals surface area contributed by atoms with Gasteiger partial charge in [0.05, 0.1) is 0 Å². The van der Waals surface area contributed by atoms with E-state index < -0.39 is 15.8 Å². The second kappa shape index (κ2) is 14.6. The van der Waals surface area contributed by atoms with Gasteiger partial charge in [0.25, 0.3) is 0 Å². The van der Waals surface area contributed by atoms with Gasteiger partial charge in [0.2, 0.25) is 0 Å². The predicted molar refractivity (Wildman–Crippen MR) is 242 cm³/mol. The van der Waals surface area contributed by atoms with Crippen molar-refractivity contribution in [2.45, 2.75) is 26.2 Å². The normalized spacial score (nSPS) is 12.8. The van der Waals surface area contributed by atoms with Crippen molar-refractivity contribution in [3.05, 3.63) is 192 Å². The number of fused-ring (bicyclic) bond motifs is 4. The lowest BCUT2D eigenvalue weighted by molar-refractivity contribution is 1.39. The van der Waals surface area contributed by atoms with Crippen molar-refractivity contribution < 1.29 is 0 Å². The van der Waals surface area contributed by atoms with Crippen LogP contribution < -0.4 is 10.6 Å². The van der Waals surface area contributed by atoms with Gasteiger partial charge in [-0.3, -0.25) is 0 Å². The van der Waals surface area contributed by atoms with Crippen LogP contribution in [0.15, 0.2) is 170 Å². The first-order valence-electron chi connectivity index (χ1n) is 19.0. The van der Waals surface area contributed by atoms with E-state index in [0.717, 1.165) is 12.3 Å². The molecule has 0 saturated carbocycles. The third-order valence-electron chi connectivity index (χ3n) is 11.3. The van der Waals surface area contributed by atoms with Gasteiger partial charge in [-0.1, -0.05) is 186 Å². The molecule has 9 aromatic carbocycles. The molecule has 0 unspecified atom stereocenters. The van der Waals surface area contributed by atoms with E-state index >= 15 is 0 Å². The van der Waals surface area contributed by atoms with Crippen LogP contribution in [0.2, 0.25) is 0 Å². The monoisotopic (exact) mass is 730 g/mol. The quantitative estimate of drug-likeness (QED) is 0.137. The molecule has 0 spiro atoms. The number of hydrogen-bond donors (Lipinski definition) is 0. The molecule has 0 bridgehead atoms. The van der Waals surface area contributed by atoms with Crippen molar-refractivity contribution in [3.63, 3.8) is 0 Å². The Morgan fingerprint density at radius 1 is 0.315 bits per heavy atom. The minimum atomic E-state index is -0.487. The van der Waals surface area contributed by atoms with E-state index in [1.54, 1.807) is 10.6 Å². The van der Waals surface area contributed by atoms with Crippen molar-refractivity contribution in [2.24, 2.45) is 0 Å². The fraction of sp³-hybridized carbons (Fsp3) is 0.115. The van der Waals surface area contributed by atoms with Gasteiger partial charge in [0, 0.05) is 0 Å². The molecule has 0 radical (unpaired) electrons. The Morgan fingerprint density at radius 2 is 0.611 bits per heavy atom. The molecule has 262 valence electrons. The summed E-state index contributed by atoms with van der Waals surface area (Å²) >= 11 is 0. The molecule has 9 rings (SSSR count). The molecule has 0 aliphatic rings. The zero-order valence-corrected chi connectivity index (χ0v) is 33.3. The highest BCUT2D eigenvalue weighted by Crippen LogP contribution is 2.47. The summed E-state index contributed by atoms with van der Waals surface area (Å²) in [6.07, 6.45) is 2.07. The van der Waals surface area contributed by atoms with E-state index in [9.17, 15) is 0 Å². The minimum Gasteiger partial charge on any atom is -0.0733 e. The van der Waals surface area contributed by atoms with Gasteiger partial charge in [-0.05, 0) is 138 Å². The van der Waals surface area contributed by atoms with Crippen LogP contribution in [0.4, 0.5) is 0 Å². The predicted octanol–water partition coefficient (Wildman–Crippen LogP) is 14.1. The maximum Gasteiger partial charge on any atom is -0.00287 e. The van der Waals surface area contributed by atoms with Gasteiger partial charge >= 0.3 is 0 Å². The lowest BCUT2D eigenvalue weighted by Crippen LogP contribution is -2.22. The molecule has 0 aliphatic heterocycles. The fourth-order valence-corrected chi connectivity index (χ4v) is 13.2. The van der Waals surface area contributed by atoms with Crippen molar-refractivity contribution in [1.82, 2.24) is 0 Å². The van der Waals surface area contributed by atoms with E-state index in [0.29, 0.717) is 0 Å². The number of benzene rings is 9. The molecule has 0 aromatic heterocycles. The molecule has 2 atom stereocenters. The van der Waals surface area contributed by atoms with Crippen molar-refractivity contribution in [2.75, 3.05) is 13.3 Å². The molecular formula is C52H44P2. The summed E-state index contributed by atoms with van der Waals surface area (Å²) in [7, 11) is -0.974. The molecule has 9 aromatic rings. The second-order valence-corrected chi connectivity index (χ2v) is 19.2. The van der Waals surface area contributed by atoms with Crippen molar-refractivity contribution >= 4 is 69.5 Å². The number of aryl methyl sites for hydroxylation is 2. The van der Waals surface area contributed by atoms with Crippen LogP contribution in [0.3, 0.4) is 0 Å². The molecule has 0 amide bonds. The summed E-state index contributed by atoms with van der Waals surface area (Å²) in [5, 5.41) is 13.6. The van der Waals surface area contributed by atoms with Crippen LogP contribution in [-0.4, -0.2) is 13.3 Å². The van der Waals surface area contributed by atoms with E-state index in [1.165, 1.54) is 87.6 Å². The summed E-state index contributed by atoms with van der Waals surface area (Å²) in [4.78, 5) is 0. The maximum absolute atomic E-state index is 2.51. The molecule has 0 fully saturated rings. The first-order valence-corrected chi connectivity index (χ1v) is 22.9. The smallest absolute Gasteiger partial charge is 0.00287 e. The van der Waals surface area contributed by atoms with Gasteiger partial charge < -0.3 is 0 Å². The Hall–Kier alpha value is -5.12. The molecule has 0 aliphatic carbocycles. The zero-order chi connectivity index (χ0) is 36.8. The number of hydrogen-bond acceptors (Lipinski definition) is 0. The molecule has 0 N–H and O–H groups in total. The summed E-state index contributed by atoms with van der Waals surface area (Å²) < 4.78 is 0. The standard InChI is InChI=1S/C52H44P2/c1-35-25-27-37-15-5-9-19-43(37)49(35)51-41(31-29-39-17-7-11-21-45(39)51)33-53(3)47-23-13-14-24-48(47)54(4)34-42-32-30-40-18-8-12-22-46(40)52(42)50-36(2)26-28-38-16-6-10-20-44(38)50/h5-32H,33-34H2,1-4H3/t53-,54-/m1/s1. The van der Waals surface area contributed by atoms with Crippen LogP contribution in [0.5, 0.6) is 0 Å². The maximum atomic E-state index is 2.51. The average Bonchev–Trinajstić information content (AvgIpc) is 3.21. The molecule has 0 nitrogen and oxygen atoms in total. The van der Waals surface area contributed by atoms with Gasteiger partial charge in [0.1, 0.15) is 0 Å². The Labute approximate surface area is 322 Å². The lowest BCUT2D eigenvalue weighted by Gasteiger charge is -2.25. The lowest BCUT2D eigenvalue weighted by atomic mass is 9.88. The van der Waals surface area contributed by atoms with Gasteiger partial charge in [-0.2, -0.15) is 0 Å².